The molecule has 1 amide bonds. The predicted octanol–water partition coefficient (Wildman–Crippen LogP) is 3.62. The van der Waals surface area contributed by atoms with Crippen LogP contribution in [0, 0.1) is 0 Å². The molecule has 0 saturated heterocycles. The highest BCUT2D eigenvalue weighted by molar-refractivity contribution is 9.10. The molecule has 2 nitrogen and oxygen atoms in total. The fourth-order valence-corrected chi connectivity index (χ4v) is 1.56. The number of carbonyl (C=O) groups excluding carboxylic acids is 1. The Kier molecular flexibility index (Phi) is 5.09. The molecule has 0 aliphatic carbocycles. The Morgan fingerprint density at radius 2 is 2.27 bits per heavy atom. The van der Waals surface area contributed by atoms with Crippen LogP contribution in [-0.4, -0.2) is 17.3 Å². The van der Waals surface area contributed by atoms with E-state index in [-0.39, 0.29) is 10.7 Å². The van der Waals surface area contributed by atoms with Crippen molar-refractivity contribution in [2.45, 2.75) is 11.8 Å². The van der Waals surface area contributed by atoms with Crippen LogP contribution in [0.5, 0.6) is 0 Å². The molecule has 0 aliphatic heterocycles. The summed E-state index contributed by atoms with van der Waals surface area (Å²) in [6.45, 7) is 2.56. The molecule has 0 aromatic heterocycles. The third-order valence-electron chi connectivity index (χ3n) is 1.73. The average Bonchev–Trinajstić information content (AvgIpc) is 2.18. The fourth-order valence-electron chi connectivity index (χ4n) is 0.973. The van der Waals surface area contributed by atoms with E-state index >= 15 is 0 Å². The van der Waals surface area contributed by atoms with Crippen LogP contribution in [0.15, 0.2) is 22.7 Å². The summed E-state index contributed by atoms with van der Waals surface area (Å²) in [5.74, 6) is -0.115. The van der Waals surface area contributed by atoms with Gasteiger partial charge < -0.3 is 5.32 Å². The lowest BCUT2D eigenvalue weighted by molar-refractivity contribution is 0.0954. The maximum Gasteiger partial charge on any atom is 0.251 e. The van der Waals surface area contributed by atoms with Gasteiger partial charge in [0.1, 0.15) is 0 Å². The van der Waals surface area contributed by atoms with Gasteiger partial charge in [0.2, 0.25) is 0 Å². The summed E-state index contributed by atoms with van der Waals surface area (Å²) in [7, 11) is 0. The highest BCUT2D eigenvalue weighted by Gasteiger charge is 2.07. The third-order valence-corrected chi connectivity index (χ3v) is 3.28. The minimum atomic E-state index is -0.115. The van der Waals surface area contributed by atoms with Gasteiger partial charge in [-0.1, -0.05) is 34.5 Å². The third kappa shape index (κ3) is 4.13. The minimum Gasteiger partial charge on any atom is -0.351 e. The smallest absolute Gasteiger partial charge is 0.251 e. The number of halogens is 3. The average molecular weight is 355 g/mol. The molecule has 0 radical (unpaired) electrons. The molecular weight excluding hydrogens is 345 g/mol. The number of hydrogen-bond acceptors (Lipinski definition) is 1. The highest BCUT2D eigenvalue weighted by atomic mass is 79.9. The van der Waals surface area contributed by atoms with Crippen molar-refractivity contribution in [3.63, 3.8) is 0 Å². The van der Waals surface area contributed by atoms with E-state index in [1.807, 2.05) is 6.92 Å². The lowest BCUT2D eigenvalue weighted by Gasteiger charge is -2.07. The molecule has 0 bridgehead atoms. The largest absolute Gasteiger partial charge is 0.351 e. The molecule has 0 aliphatic rings. The number of rotatable bonds is 3. The van der Waals surface area contributed by atoms with E-state index in [1.54, 1.807) is 18.2 Å². The van der Waals surface area contributed by atoms with E-state index in [4.69, 9.17) is 11.6 Å². The molecule has 0 fully saturated rings. The van der Waals surface area contributed by atoms with Gasteiger partial charge in [0.05, 0.1) is 5.02 Å². The first-order chi connectivity index (χ1) is 7.00. The summed E-state index contributed by atoms with van der Waals surface area (Å²) in [6.07, 6.45) is 0. The van der Waals surface area contributed by atoms with E-state index in [2.05, 4.69) is 37.2 Å². The molecule has 1 unspecified atom stereocenters. The number of amides is 1. The molecular formula is C10H10Br2ClNO. The van der Waals surface area contributed by atoms with Gasteiger partial charge in [-0.2, -0.15) is 0 Å². The van der Waals surface area contributed by atoms with Gasteiger partial charge >= 0.3 is 0 Å². The van der Waals surface area contributed by atoms with Crippen molar-refractivity contribution in [1.29, 1.82) is 0 Å². The molecule has 1 atom stereocenters. The molecule has 82 valence electrons. The van der Waals surface area contributed by atoms with Crippen molar-refractivity contribution in [2.24, 2.45) is 0 Å². The van der Waals surface area contributed by atoms with Crippen molar-refractivity contribution in [3.8, 4) is 0 Å². The quantitative estimate of drug-likeness (QED) is 0.825. The summed E-state index contributed by atoms with van der Waals surface area (Å²) in [6, 6.07) is 5.12. The summed E-state index contributed by atoms with van der Waals surface area (Å²) in [5.41, 5.74) is 0.566. The summed E-state index contributed by atoms with van der Waals surface area (Å²) >= 11 is 12.5. The maximum absolute atomic E-state index is 11.6. The normalized spacial score (nSPS) is 12.3. The Morgan fingerprint density at radius 3 is 2.80 bits per heavy atom. The highest BCUT2D eigenvalue weighted by Crippen LogP contribution is 2.23. The molecule has 0 saturated carbocycles. The van der Waals surface area contributed by atoms with Gasteiger partial charge in [0.15, 0.2) is 0 Å². The predicted molar refractivity (Wildman–Crippen MR) is 69.9 cm³/mol. The molecule has 15 heavy (non-hydrogen) atoms. The first kappa shape index (κ1) is 13.0. The first-order valence-electron chi connectivity index (χ1n) is 4.38. The zero-order valence-corrected chi connectivity index (χ0v) is 12.0. The van der Waals surface area contributed by atoms with Crippen molar-refractivity contribution in [2.75, 3.05) is 6.54 Å². The summed E-state index contributed by atoms with van der Waals surface area (Å²) in [4.78, 5) is 11.9. The Bertz CT molecular complexity index is 368. The zero-order chi connectivity index (χ0) is 11.4. The van der Waals surface area contributed by atoms with Crippen LogP contribution in [0.2, 0.25) is 5.02 Å². The number of alkyl halides is 1. The molecule has 1 N–H and O–H groups in total. The molecule has 1 aromatic rings. The van der Waals surface area contributed by atoms with E-state index in [9.17, 15) is 4.79 Å². The number of benzene rings is 1. The molecule has 1 rings (SSSR count). The Balaban J connectivity index is 2.70. The van der Waals surface area contributed by atoms with E-state index in [0.717, 1.165) is 4.47 Å². The monoisotopic (exact) mass is 353 g/mol. The summed E-state index contributed by atoms with van der Waals surface area (Å²) in [5, 5.41) is 3.32. The van der Waals surface area contributed by atoms with E-state index < -0.39 is 0 Å². The van der Waals surface area contributed by atoms with Crippen LogP contribution in [0.3, 0.4) is 0 Å². The number of carbonyl (C=O) groups is 1. The van der Waals surface area contributed by atoms with Crippen molar-refractivity contribution in [1.82, 2.24) is 5.32 Å². The van der Waals surface area contributed by atoms with Crippen LogP contribution in [0.25, 0.3) is 0 Å². The molecule has 1 aromatic carbocycles. The SMILES string of the molecule is CC(Br)CNC(=O)c1ccc(Br)c(Cl)c1. The van der Waals surface area contributed by atoms with Gasteiger partial charge in [-0.25, -0.2) is 0 Å². The Hall–Kier alpha value is -0.0600. The second kappa shape index (κ2) is 5.87. The molecule has 0 heterocycles. The van der Waals surface area contributed by atoms with E-state index in [0.29, 0.717) is 17.1 Å². The van der Waals surface area contributed by atoms with Crippen LogP contribution < -0.4 is 5.32 Å². The Morgan fingerprint density at radius 1 is 1.60 bits per heavy atom. The van der Waals surface area contributed by atoms with E-state index in [1.165, 1.54) is 0 Å². The van der Waals surface area contributed by atoms with Crippen molar-refractivity contribution >= 4 is 49.4 Å². The minimum absolute atomic E-state index is 0.115. The molecule has 5 heteroatoms. The standard InChI is InChI=1S/C10H10Br2ClNO/c1-6(11)5-14-10(15)7-2-3-8(12)9(13)4-7/h2-4,6H,5H2,1H3,(H,14,15). The second-order valence-electron chi connectivity index (χ2n) is 3.12. The lowest BCUT2D eigenvalue weighted by atomic mass is 10.2. The number of nitrogens with one attached hydrogen (secondary N) is 1. The second-order valence-corrected chi connectivity index (χ2v) is 5.94. The Labute approximate surface area is 111 Å². The van der Waals surface area contributed by atoms with Gasteiger partial charge in [-0.3, -0.25) is 4.79 Å². The van der Waals surface area contributed by atoms with Crippen molar-refractivity contribution < 1.29 is 4.79 Å². The van der Waals surface area contributed by atoms with Crippen LogP contribution >= 0.6 is 43.5 Å². The van der Waals surface area contributed by atoms with Gasteiger partial charge in [0, 0.05) is 21.4 Å². The van der Waals surface area contributed by atoms with Crippen LogP contribution in [-0.2, 0) is 0 Å². The van der Waals surface area contributed by atoms with Gasteiger partial charge in [-0.15, -0.1) is 0 Å². The number of hydrogen-bond donors (Lipinski definition) is 1. The molecule has 0 spiro atoms. The maximum atomic E-state index is 11.6. The summed E-state index contributed by atoms with van der Waals surface area (Å²) < 4.78 is 0.787. The fraction of sp³-hybridized carbons (Fsp3) is 0.300. The van der Waals surface area contributed by atoms with Crippen LogP contribution in [0.1, 0.15) is 17.3 Å². The topological polar surface area (TPSA) is 29.1 Å². The van der Waals surface area contributed by atoms with Crippen molar-refractivity contribution in [3.05, 3.63) is 33.3 Å². The van der Waals surface area contributed by atoms with Gasteiger partial charge in [0.25, 0.3) is 5.91 Å². The van der Waals surface area contributed by atoms with Crippen LogP contribution in [0.4, 0.5) is 0 Å². The zero-order valence-electron chi connectivity index (χ0n) is 8.06. The van der Waals surface area contributed by atoms with Gasteiger partial charge in [-0.05, 0) is 34.1 Å². The lowest BCUT2D eigenvalue weighted by Crippen LogP contribution is -2.28. The first-order valence-corrected chi connectivity index (χ1v) is 6.46.